The van der Waals surface area contributed by atoms with Gasteiger partial charge in [-0.25, -0.2) is 13.8 Å². The van der Waals surface area contributed by atoms with Gasteiger partial charge < -0.3 is 9.72 Å². The summed E-state index contributed by atoms with van der Waals surface area (Å²) in [7, 11) is 1.45. The van der Waals surface area contributed by atoms with Crippen molar-refractivity contribution in [2.75, 3.05) is 7.11 Å². The molecule has 1 saturated carbocycles. The second-order valence-corrected chi connectivity index (χ2v) is 9.06. The van der Waals surface area contributed by atoms with Crippen LogP contribution in [0.3, 0.4) is 0 Å². The number of esters is 1. The van der Waals surface area contributed by atoms with Crippen molar-refractivity contribution in [2.45, 2.75) is 38.0 Å². The van der Waals surface area contributed by atoms with Gasteiger partial charge in [-0.05, 0) is 54.2 Å². The Morgan fingerprint density at radius 1 is 0.941 bits per heavy atom. The molecule has 1 aliphatic carbocycles. The molecule has 1 aromatic heterocycles. The molecule has 0 spiro atoms. The molecule has 174 valence electrons. The molecule has 5 rings (SSSR count). The zero-order valence-corrected chi connectivity index (χ0v) is 19.0. The fourth-order valence-corrected chi connectivity index (χ4v) is 4.96. The van der Waals surface area contributed by atoms with E-state index in [9.17, 15) is 13.6 Å². The average molecular weight is 461 g/mol. The summed E-state index contributed by atoms with van der Waals surface area (Å²) in [4.78, 5) is 18.8. The Morgan fingerprint density at radius 2 is 1.56 bits per heavy atom. The Balaban J connectivity index is 1.26. The highest BCUT2D eigenvalue weighted by atomic mass is 19.1. The summed E-state index contributed by atoms with van der Waals surface area (Å²) in [5.41, 5.74) is 4.81. The third kappa shape index (κ3) is 4.58. The van der Waals surface area contributed by atoms with Crippen LogP contribution in [-0.2, 0) is 9.53 Å². The fraction of sp³-hybridized carbons (Fsp3) is 0.286. The minimum atomic E-state index is -0.651. The summed E-state index contributed by atoms with van der Waals surface area (Å²) < 4.78 is 32.2. The molecular weight excluding hydrogens is 434 g/mol. The molecule has 6 heteroatoms. The summed E-state index contributed by atoms with van der Waals surface area (Å²) in [6.45, 7) is 0. The number of halogens is 2. The number of hydrogen-bond acceptors (Lipinski definition) is 3. The number of fused-ring (bicyclic) bond motifs is 1. The van der Waals surface area contributed by atoms with Gasteiger partial charge in [-0.1, -0.05) is 48.5 Å². The van der Waals surface area contributed by atoms with E-state index in [-0.39, 0.29) is 17.0 Å². The predicted octanol–water partition coefficient (Wildman–Crippen LogP) is 7.01. The molecule has 0 saturated heterocycles. The van der Waals surface area contributed by atoms with Gasteiger partial charge in [-0.3, -0.25) is 4.79 Å². The number of methoxy groups -OCH3 is 1. The number of carbonyl (C=O) groups is 1. The van der Waals surface area contributed by atoms with E-state index >= 15 is 0 Å². The molecule has 34 heavy (non-hydrogen) atoms. The van der Waals surface area contributed by atoms with Crippen molar-refractivity contribution in [2.24, 2.45) is 5.92 Å². The van der Waals surface area contributed by atoms with Gasteiger partial charge in [-0.2, -0.15) is 0 Å². The highest BCUT2D eigenvalue weighted by Gasteiger charge is 2.24. The smallest absolute Gasteiger partial charge is 0.305 e. The van der Waals surface area contributed by atoms with Crippen LogP contribution in [0.4, 0.5) is 8.78 Å². The fourth-order valence-electron chi connectivity index (χ4n) is 4.96. The van der Waals surface area contributed by atoms with Crippen molar-refractivity contribution in [3.05, 3.63) is 77.9 Å². The second-order valence-electron chi connectivity index (χ2n) is 9.06. The van der Waals surface area contributed by atoms with Gasteiger partial charge >= 0.3 is 5.97 Å². The Bertz CT molecular complexity index is 1310. The predicted molar refractivity (Wildman–Crippen MR) is 128 cm³/mol. The van der Waals surface area contributed by atoms with Gasteiger partial charge in [0.05, 0.1) is 12.6 Å². The lowest BCUT2D eigenvalue weighted by Crippen LogP contribution is -2.17. The number of hydrogen-bond donors (Lipinski definition) is 1. The van der Waals surface area contributed by atoms with Crippen LogP contribution in [0, 0.1) is 17.6 Å². The highest BCUT2D eigenvalue weighted by Crippen LogP contribution is 2.38. The molecule has 0 aliphatic heterocycles. The quantitative estimate of drug-likeness (QED) is 0.326. The van der Waals surface area contributed by atoms with Crippen LogP contribution in [0.5, 0.6) is 0 Å². The molecule has 1 fully saturated rings. The van der Waals surface area contributed by atoms with E-state index in [2.05, 4.69) is 34.2 Å². The van der Waals surface area contributed by atoms with E-state index < -0.39 is 11.6 Å². The molecule has 1 N–H and O–H groups in total. The number of ether oxygens (including phenoxy) is 1. The van der Waals surface area contributed by atoms with Crippen LogP contribution in [0.2, 0.25) is 0 Å². The number of nitrogens with one attached hydrogen (secondary N) is 1. The van der Waals surface area contributed by atoms with E-state index in [1.165, 1.54) is 18.7 Å². The van der Waals surface area contributed by atoms with E-state index in [0.717, 1.165) is 48.4 Å². The molecular formula is C28H26F2N2O2. The number of rotatable bonds is 5. The summed E-state index contributed by atoms with van der Waals surface area (Å²) in [5.74, 6) is 0.0651. The van der Waals surface area contributed by atoms with E-state index in [4.69, 9.17) is 4.74 Å². The van der Waals surface area contributed by atoms with Gasteiger partial charge in [0.15, 0.2) is 5.82 Å². The topological polar surface area (TPSA) is 55.0 Å². The summed E-state index contributed by atoms with van der Waals surface area (Å²) in [6, 6.07) is 18.6. The number of nitrogens with zero attached hydrogens (tertiary/aromatic N) is 1. The lowest BCUT2D eigenvalue weighted by Gasteiger charge is -2.28. The first-order chi connectivity index (χ1) is 16.5. The van der Waals surface area contributed by atoms with Gasteiger partial charge in [0.1, 0.15) is 17.2 Å². The molecule has 4 nitrogen and oxygen atoms in total. The maximum absolute atomic E-state index is 14.0. The minimum Gasteiger partial charge on any atom is -0.469 e. The lowest BCUT2D eigenvalue weighted by molar-refractivity contribution is -0.142. The summed E-state index contributed by atoms with van der Waals surface area (Å²) >= 11 is 0. The molecule has 1 heterocycles. The Kier molecular flexibility index (Phi) is 6.14. The molecule has 0 atom stereocenters. The van der Waals surface area contributed by atoms with Crippen LogP contribution in [0.15, 0.2) is 60.7 Å². The van der Waals surface area contributed by atoms with Gasteiger partial charge in [0.2, 0.25) is 0 Å². The molecule has 0 bridgehead atoms. The lowest BCUT2D eigenvalue weighted by atomic mass is 9.77. The monoisotopic (exact) mass is 460 g/mol. The molecule has 4 aromatic rings. The number of benzene rings is 3. The maximum Gasteiger partial charge on any atom is 0.305 e. The SMILES string of the molecule is COC(=O)C[C@H]1CC[C@H](c2ccc(-c3ccc(-c4nc5cc(F)cc(F)c5[nH]4)cc3)cc2)CC1. The molecule has 0 radical (unpaired) electrons. The van der Waals surface area contributed by atoms with Crippen LogP contribution >= 0.6 is 0 Å². The second kappa shape index (κ2) is 9.37. The average Bonchev–Trinajstić information content (AvgIpc) is 3.29. The van der Waals surface area contributed by atoms with Crippen molar-refractivity contribution in [3.8, 4) is 22.5 Å². The highest BCUT2D eigenvalue weighted by molar-refractivity contribution is 5.80. The van der Waals surface area contributed by atoms with Crippen LogP contribution in [0.1, 0.15) is 43.6 Å². The largest absolute Gasteiger partial charge is 0.469 e. The van der Waals surface area contributed by atoms with E-state index in [1.807, 2.05) is 24.3 Å². The standard InChI is InChI=1S/C28H26F2N2O2/c1-34-26(33)14-17-2-4-18(5-3-17)19-6-8-20(9-7-19)21-10-12-22(13-11-21)28-31-25-16-23(29)15-24(30)27(25)32-28/h6-13,15-18H,2-5,14H2,1H3,(H,31,32)/t17-,18-. The number of carbonyl (C=O) groups excluding carboxylic acids is 1. The van der Waals surface area contributed by atoms with Crippen molar-refractivity contribution >= 4 is 17.0 Å². The van der Waals surface area contributed by atoms with Gasteiger partial charge in [0, 0.05) is 24.1 Å². The van der Waals surface area contributed by atoms with Gasteiger partial charge in [0.25, 0.3) is 0 Å². The first-order valence-electron chi connectivity index (χ1n) is 11.6. The van der Waals surface area contributed by atoms with Crippen LogP contribution < -0.4 is 0 Å². The Morgan fingerprint density at radius 3 is 2.21 bits per heavy atom. The molecule has 1 aliphatic rings. The summed E-state index contributed by atoms with van der Waals surface area (Å²) in [5, 5.41) is 0. The Labute approximate surface area is 197 Å². The first kappa shape index (κ1) is 22.3. The summed E-state index contributed by atoms with van der Waals surface area (Å²) in [6.07, 6.45) is 4.83. The van der Waals surface area contributed by atoms with Crippen LogP contribution in [0.25, 0.3) is 33.5 Å². The number of aromatic amines is 1. The van der Waals surface area contributed by atoms with Crippen molar-refractivity contribution in [3.63, 3.8) is 0 Å². The van der Waals surface area contributed by atoms with E-state index in [1.54, 1.807) is 0 Å². The third-order valence-corrected chi connectivity index (χ3v) is 6.91. The molecule has 0 unspecified atom stereocenters. The number of aromatic nitrogens is 2. The van der Waals surface area contributed by atoms with Gasteiger partial charge in [-0.15, -0.1) is 0 Å². The van der Waals surface area contributed by atoms with Crippen molar-refractivity contribution in [1.82, 2.24) is 9.97 Å². The van der Waals surface area contributed by atoms with Crippen LogP contribution in [-0.4, -0.2) is 23.0 Å². The Hall–Kier alpha value is -3.54. The zero-order chi connectivity index (χ0) is 23.7. The molecule has 0 amide bonds. The normalized spacial score (nSPS) is 18.2. The van der Waals surface area contributed by atoms with E-state index in [0.29, 0.717) is 24.1 Å². The third-order valence-electron chi connectivity index (χ3n) is 6.91. The zero-order valence-electron chi connectivity index (χ0n) is 19.0. The first-order valence-corrected chi connectivity index (χ1v) is 11.6. The minimum absolute atomic E-state index is 0.111. The van der Waals surface area contributed by atoms with Crippen molar-refractivity contribution in [1.29, 1.82) is 0 Å². The molecule has 3 aromatic carbocycles. The maximum atomic E-state index is 14.0. The van der Waals surface area contributed by atoms with Crippen molar-refractivity contribution < 1.29 is 18.3 Å². The number of imidazole rings is 1. The number of H-pyrrole nitrogens is 1.